The second-order valence-corrected chi connectivity index (χ2v) is 6.76. The molecule has 0 aromatic rings. The molecule has 0 fully saturated rings. The second-order valence-electron chi connectivity index (χ2n) is 5.27. The first-order chi connectivity index (χ1) is 9.37. The molecule has 0 aromatic heterocycles. The highest BCUT2D eigenvalue weighted by Gasteiger charge is 2.20. The number of nitrogens with zero attached hydrogens (tertiary/aromatic N) is 1. The van der Waals surface area contributed by atoms with Gasteiger partial charge in [-0.3, -0.25) is 0 Å². The molecule has 1 unspecified atom stereocenters. The fourth-order valence-corrected chi connectivity index (χ4v) is 3.02. The number of rotatable bonds is 9. The van der Waals surface area contributed by atoms with Crippen LogP contribution in [0.4, 0.5) is 0 Å². The fourth-order valence-electron chi connectivity index (χ4n) is 1.72. The van der Waals surface area contributed by atoms with Gasteiger partial charge < -0.3 is 4.90 Å². The molecule has 0 N–H and O–H groups in total. The largest absolute Gasteiger partial charge is 0.380 e. The van der Waals surface area contributed by atoms with Gasteiger partial charge in [-0.15, -0.1) is 0 Å². The maximum absolute atomic E-state index is 6.30. The zero-order valence-electron chi connectivity index (χ0n) is 14.5. The molecule has 2 radical (unpaired) electrons. The number of thiocarbonyl (C=S) groups is 1. The molecule has 4 heteroatoms. The number of allylic oxidation sites excluding steroid dienone is 2. The molecule has 0 rings (SSSR count). The Kier molecular flexibility index (Phi) is 14.2. The van der Waals surface area contributed by atoms with E-state index in [-0.39, 0.29) is 5.31 Å². The van der Waals surface area contributed by atoms with Crippen LogP contribution in [0.15, 0.2) is 10.6 Å². The Morgan fingerprint density at radius 1 is 1.30 bits per heavy atom. The maximum atomic E-state index is 6.30. The van der Waals surface area contributed by atoms with Gasteiger partial charge in [0.15, 0.2) is 0 Å². The van der Waals surface area contributed by atoms with Gasteiger partial charge in [0.1, 0.15) is 0 Å². The molecule has 0 heterocycles. The van der Waals surface area contributed by atoms with Crippen LogP contribution in [0.1, 0.15) is 66.7 Å². The van der Waals surface area contributed by atoms with E-state index in [1.54, 1.807) is 16.5 Å². The summed E-state index contributed by atoms with van der Waals surface area (Å²) >= 11 is 6.67. The van der Waals surface area contributed by atoms with E-state index in [1.165, 1.54) is 23.4 Å². The summed E-state index contributed by atoms with van der Waals surface area (Å²) < 4.78 is 1.75. The summed E-state index contributed by atoms with van der Waals surface area (Å²) in [6.45, 7) is 10.5. The van der Waals surface area contributed by atoms with Crippen LogP contribution in [0.5, 0.6) is 0 Å². The standard InChI is InChI=1S/C14H26BNS2.C2H6/c1-6-8-9-12(16(4)5)13(18-11-17)10-14(3,15)7-2;1-2/h11H,6-10H2,1-5H3;1-2H3/b13-12-;. The summed E-state index contributed by atoms with van der Waals surface area (Å²) in [4.78, 5) is 3.54. The van der Waals surface area contributed by atoms with E-state index >= 15 is 0 Å². The molecule has 0 aromatic carbocycles. The van der Waals surface area contributed by atoms with Crippen molar-refractivity contribution in [3.63, 3.8) is 0 Å². The lowest BCUT2D eigenvalue weighted by Crippen LogP contribution is -2.16. The summed E-state index contributed by atoms with van der Waals surface area (Å²) in [7, 11) is 10.5. The molecule has 0 spiro atoms. The van der Waals surface area contributed by atoms with Gasteiger partial charge in [0.25, 0.3) is 0 Å². The third-order valence-corrected chi connectivity index (χ3v) is 4.24. The molecule has 1 nitrogen and oxygen atoms in total. The lowest BCUT2D eigenvalue weighted by Gasteiger charge is -2.28. The number of unbranched alkanes of at least 4 members (excludes halogenated alkanes) is 1. The quantitative estimate of drug-likeness (QED) is 0.390. The SMILES string of the molecule is CC.[B]C(C)(CC)C/C(SC=S)=C(\CCCC)N(C)C. The summed E-state index contributed by atoms with van der Waals surface area (Å²) in [5.41, 5.74) is 1.38. The average Bonchev–Trinajstić information content (AvgIpc) is 2.41. The van der Waals surface area contributed by atoms with E-state index in [1.807, 2.05) is 13.8 Å². The Morgan fingerprint density at radius 2 is 1.85 bits per heavy atom. The van der Waals surface area contributed by atoms with Gasteiger partial charge in [0.05, 0.1) is 7.85 Å². The molecule has 0 aliphatic heterocycles. The number of hydrogen-bond acceptors (Lipinski definition) is 3. The topological polar surface area (TPSA) is 3.24 Å². The van der Waals surface area contributed by atoms with Crippen LogP contribution >= 0.6 is 24.0 Å². The first kappa shape index (κ1) is 22.3. The van der Waals surface area contributed by atoms with Crippen molar-refractivity contribution in [3.05, 3.63) is 10.6 Å². The van der Waals surface area contributed by atoms with Crippen molar-refractivity contribution in [3.8, 4) is 0 Å². The highest BCUT2D eigenvalue weighted by molar-refractivity contribution is 8.23. The molecule has 0 aliphatic carbocycles. The van der Waals surface area contributed by atoms with Crippen molar-refractivity contribution >= 4 is 36.5 Å². The molecule has 116 valence electrons. The van der Waals surface area contributed by atoms with E-state index in [0.29, 0.717) is 0 Å². The zero-order valence-corrected chi connectivity index (χ0v) is 16.1. The Hall–Kier alpha value is 0.0449. The molecular weight excluding hydrogens is 281 g/mol. The van der Waals surface area contributed by atoms with Crippen LogP contribution in [0.3, 0.4) is 0 Å². The Labute approximate surface area is 138 Å². The third-order valence-electron chi connectivity index (χ3n) is 3.19. The van der Waals surface area contributed by atoms with Gasteiger partial charge in [-0.25, -0.2) is 0 Å². The highest BCUT2D eigenvalue weighted by atomic mass is 32.2. The molecule has 1 atom stereocenters. The van der Waals surface area contributed by atoms with Crippen LogP contribution in [0.25, 0.3) is 0 Å². The first-order valence-corrected chi connectivity index (χ1v) is 9.01. The lowest BCUT2D eigenvalue weighted by molar-refractivity contribution is 0.468. The van der Waals surface area contributed by atoms with Gasteiger partial charge in [-0.2, -0.15) is 0 Å². The van der Waals surface area contributed by atoms with Crippen molar-refractivity contribution in [1.82, 2.24) is 4.90 Å². The van der Waals surface area contributed by atoms with Crippen LogP contribution in [-0.2, 0) is 0 Å². The Morgan fingerprint density at radius 3 is 2.20 bits per heavy atom. The summed E-state index contributed by atoms with van der Waals surface area (Å²) in [6, 6.07) is 0. The minimum atomic E-state index is -0.145. The molecule has 0 bridgehead atoms. The lowest BCUT2D eigenvalue weighted by atomic mass is 9.66. The zero-order chi connectivity index (χ0) is 16.2. The van der Waals surface area contributed by atoms with Crippen molar-refractivity contribution in [2.45, 2.75) is 72.0 Å². The predicted octanol–water partition coefficient (Wildman–Crippen LogP) is 5.81. The van der Waals surface area contributed by atoms with Gasteiger partial charge in [0.2, 0.25) is 0 Å². The molecular formula is C16H32BNS2. The molecule has 0 amide bonds. The summed E-state index contributed by atoms with van der Waals surface area (Å²) in [5, 5.41) is -0.145. The second kappa shape index (κ2) is 12.8. The van der Waals surface area contributed by atoms with Crippen LogP contribution in [0.2, 0.25) is 5.31 Å². The number of hydrogen-bond donors (Lipinski definition) is 0. The van der Waals surface area contributed by atoms with Crippen LogP contribution < -0.4 is 0 Å². The normalized spacial score (nSPS) is 14.6. The monoisotopic (exact) mass is 313 g/mol. The maximum Gasteiger partial charge on any atom is 0.0747 e. The third kappa shape index (κ3) is 9.87. The van der Waals surface area contributed by atoms with E-state index in [9.17, 15) is 0 Å². The fraction of sp³-hybridized carbons (Fsp3) is 0.812. The molecule has 0 aliphatic rings. The molecule has 0 saturated carbocycles. The molecule has 20 heavy (non-hydrogen) atoms. The average molecular weight is 313 g/mol. The Bertz CT molecular complexity index is 286. The molecule has 0 saturated heterocycles. The van der Waals surface area contributed by atoms with Gasteiger partial charge in [-0.1, -0.05) is 76.8 Å². The Balaban J connectivity index is 0. The smallest absolute Gasteiger partial charge is 0.0747 e. The minimum Gasteiger partial charge on any atom is -0.380 e. The summed E-state index contributed by atoms with van der Waals surface area (Å²) in [5.74, 6) is 0. The van der Waals surface area contributed by atoms with E-state index < -0.39 is 0 Å². The van der Waals surface area contributed by atoms with E-state index in [0.717, 1.165) is 19.3 Å². The van der Waals surface area contributed by atoms with Crippen molar-refractivity contribution in [2.24, 2.45) is 0 Å². The van der Waals surface area contributed by atoms with Gasteiger partial charge >= 0.3 is 0 Å². The highest BCUT2D eigenvalue weighted by Crippen LogP contribution is 2.39. The minimum absolute atomic E-state index is 0.145. The van der Waals surface area contributed by atoms with Crippen molar-refractivity contribution in [1.29, 1.82) is 0 Å². The summed E-state index contributed by atoms with van der Waals surface area (Å²) in [6.07, 6.45) is 5.40. The van der Waals surface area contributed by atoms with E-state index in [4.69, 9.17) is 20.1 Å². The first-order valence-electron chi connectivity index (χ1n) is 7.66. The van der Waals surface area contributed by atoms with Gasteiger partial charge in [0, 0.05) is 29.4 Å². The van der Waals surface area contributed by atoms with Crippen LogP contribution in [-0.4, -0.2) is 31.5 Å². The van der Waals surface area contributed by atoms with Crippen molar-refractivity contribution in [2.75, 3.05) is 14.1 Å². The number of thioether (sulfide) groups is 1. The van der Waals surface area contributed by atoms with Crippen molar-refractivity contribution < 1.29 is 0 Å². The van der Waals surface area contributed by atoms with Gasteiger partial charge in [-0.05, 0) is 19.3 Å². The van der Waals surface area contributed by atoms with E-state index in [2.05, 4.69) is 39.8 Å². The predicted molar refractivity (Wildman–Crippen MR) is 102 cm³/mol. The van der Waals surface area contributed by atoms with Crippen LogP contribution in [0, 0.1) is 0 Å².